The number of nitrogens with one attached hydrogen (secondary N) is 1. The summed E-state index contributed by atoms with van der Waals surface area (Å²) in [5.74, 6) is 0.330. The lowest BCUT2D eigenvalue weighted by Gasteiger charge is -2.64. The maximum Gasteiger partial charge on any atom is 0.303 e. The fraction of sp³-hybridized carbons (Fsp3) is 0.622. The zero-order valence-electron chi connectivity index (χ0n) is 32.6. The number of aliphatic hydroxyl groups excluding tert-OH is 2. The molecule has 0 saturated heterocycles. The highest BCUT2D eigenvalue weighted by molar-refractivity contribution is 6.31. The number of rotatable bonds is 11. The molecule has 4 saturated carbocycles. The summed E-state index contributed by atoms with van der Waals surface area (Å²) in [6.07, 6.45) is 6.58. The molecule has 1 heterocycles. The predicted molar refractivity (Wildman–Crippen MR) is 213 cm³/mol. The molecule has 4 aliphatic rings. The number of nitrogens with zero attached hydrogens (tertiary/aromatic N) is 1. The average Bonchev–Trinajstić information content (AvgIpc) is 3.48. The van der Waals surface area contributed by atoms with Gasteiger partial charge in [0.05, 0.1) is 40.3 Å². The highest BCUT2D eigenvalue weighted by Crippen LogP contribution is 2.69. The van der Waals surface area contributed by atoms with E-state index in [-0.39, 0.29) is 58.5 Å². The van der Waals surface area contributed by atoms with Crippen LogP contribution in [0.1, 0.15) is 119 Å². The largest absolute Gasteiger partial charge is 0.481 e. The van der Waals surface area contributed by atoms with Gasteiger partial charge in [-0.25, -0.2) is 0 Å². The molecule has 7 rings (SSSR count). The van der Waals surface area contributed by atoms with Gasteiger partial charge in [-0.2, -0.15) is 0 Å². The van der Waals surface area contributed by atoms with Gasteiger partial charge in [-0.3, -0.25) is 14.6 Å². The van der Waals surface area contributed by atoms with E-state index in [1.807, 2.05) is 43.3 Å². The number of carboxylic acids is 1. The number of halogens is 1. The molecule has 2 aromatic carbocycles. The van der Waals surface area contributed by atoms with Crippen molar-refractivity contribution in [1.29, 1.82) is 0 Å². The minimum absolute atomic E-state index is 0.0409. The Bertz CT molecular complexity index is 1920. The van der Waals surface area contributed by atoms with E-state index < -0.39 is 23.8 Å². The fourth-order valence-corrected chi connectivity index (χ4v) is 12.7. The Morgan fingerprint density at radius 3 is 2.54 bits per heavy atom. The number of carbonyl (C=O) groups is 2. The summed E-state index contributed by atoms with van der Waals surface area (Å²) < 4.78 is 0. The quantitative estimate of drug-likeness (QED) is 0.122. The van der Waals surface area contributed by atoms with Gasteiger partial charge in [-0.15, -0.1) is 0 Å². The van der Waals surface area contributed by atoms with Crippen molar-refractivity contribution in [3.8, 4) is 0 Å². The molecule has 0 spiro atoms. The summed E-state index contributed by atoms with van der Waals surface area (Å²) in [4.78, 5) is 28.6. The van der Waals surface area contributed by atoms with E-state index in [9.17, 15) is 30.0 Å². The smallest absolute Gasteiger partial charge is 0.303 e. The lowest BCUT2D eigenvalue weighted by Crippen LogP contribution is -2.63. The van der Waals surface area contributed by atoms with Crippen LogP contribution >= 0.6 is 11.6 Å². The van der Waals surface area contributed by atoms with Gasteiger partial charge in [0.15, 0.2) is 5.78 Å². The Morgan fingerprint density at radius 2 is 1.81 bits per heavy atom. The third kappa shape index (κ3) is 6.88. The second-order valence-corrected chi connectivity index (χ2v) is 18.6. The zero-order chi connectivity index (χ0) is 38.7. The molecule has 4 fully saturated rings. The van der Waals surface area contributed by atoms with E-state index in [1.54, 1.807) is 6.92 Å². The van der Waals surface area contributed by atoms with Crippen LogP contribution < -0.4 is 5.32 Å². The second-order valence-electron chi connectivity index (χ2n) is 18.2. The normalized spacial score (nSPS) is 35.2. The number of aromatic nitrogens is 1. The van der Waals surface area contributed by atoms with Gasteiger partial charge < -0.3 is 25.7 Å². The summed E-state index contributed by atoms with van der Waals surface area (Å²) in [6.45, 7) is 10.6. The molecule has 0 radical (unpaired) electrons. The number of aryl methyl sites for hydroxylation is 2. The van der Waals surface area contributed by atoms with E-state index >= 15 is 0 Å². The van der Waals surface area contributed by atoms with Crippen LogP contribution in [0, 0.1) is 53.3 Å². The molecular weight excluding hydrogens is 700 g/mol. The van der Waals surface area contributed by atoms with E-state index in [2.05, 4.69) is 37.1 Å². The maximum atomic E-state index is 12.6. The number of Topliss-reactive ketones (excluding diaryl/α,β-unsaturated/α-hetero) is 1. The first-order chi connectivity index (χ1) is 25.6. The van der Waals surface area contributed by atoms with Gasteiger partial charge in [0, 0.05) is 23.4 Å². The van der Waals surface area contributed by atoms with Crippen molar-refractivity contribution in [3.63, 3.8) is 0 Å². The predicted octanol–water partition coefficient (Wildman–Crippen LogP) is 8.78. The number of hydrogen-bond acceptors (Lipinski definition) is 7. The van der Waals surface area contributed by atoms with Crippen LogP contribution in [0.15, 0.2) is 42.5 Å². The molecule has 0 bridgehead atoms. The van der Waals surface area contributed by atoms with E-state index in [4.69, 9.17) is 11.6 Å². The van der Waals surface area contributed by atoms with Crippen molar-refractivity contribution < 1.29 is 30.0 Å². The van der Waals surface area contributed by atoms with E-state index in [0.29, 0.717) is 67.8 Å². The Labute approximate surface area is 325 Å². The first kappa shape index (κ1) is 39.2. The number of benzene rings is 2. The van der Waals surface area contributed by atoms with Crippen LogP contribution in [0.4, 0.5) is 5.69 Å². The molecule has 4 aliphatic carbocycles. The first-order valence-corrected chi connectivity index (χ1v) is 20.6. The highest BCUT2D eigenvalue weighted by atomic mass is 35.5. The Balaban J connectivity index is 1.00. The Morgan fingerprint density at radius 1 is 1.06 bits per heavy atom. The molecule has 54 heavy (non-hydrogen) atoms. The van der Waals surface area contributed by atoms with Crippen molar-refractivity contribution in [3.05, 3.63) is 69.9 Å². The summed E-state index contributed by atoms with van der Waals surface area (Å²) >= 11 is 6.85. The molecule has 5 N–H and O–H groups in total. The molecule has 0 amide bonds. The number of anilines is 1. The van der Waals surface area contributed by atoms with Crippen LogP contribution in [0.3, 0.4) is 0 Å². The van der Waals surface area contributed by atoms with Gasteiger partial charge in [0.25, 0.3) is 0 Å². The van der Waals surface area contributed by atoms with Gasteiger partial charge >= 0.3 is 5.97 Å². The summed E-state index contributed by atoms with van der Waals surface area (Å²) in [5, 5.41) is 50.2. The third-order valence-corrected chi connectivity index (χ3v) is 15.7. The monoisotopic (exact) mass is 758 g/mol. The molecular formula is C45H59ClN2O6. The van der Waals surface area contributed by atoms with Crippen LogP contribution in [-0.2, 0) is 17.8 Å². The number of ketones is 1. The number of aliphatic carboxylic acids is 1. The summed E-state index contributed by atoms with van der Waals surface area (Å²) in [5.41, 5.74) is 3.62. The Kier molecular flexibility index (Phi) is 10.7. The standard InChI is InChI=1S/C45H59ClN2O6/c1-25(10-15-39(52)53)32-13-14-33-41-34(22-38(51)44(32,33)5)43(4)18-19-45(54,23-30(43)21-37(41)50)17-16-28-11-12-29(35(46)20-28)24-47-42-31-8-6-7-9-36(31)48-26(2)40(42)27(3)49/h6-9,11-12,20,25,30,32-34,37-38,41,50-51,54H,10,13-19,21-24H2,1-5H3,(H,47,48)(H,52,53)/t25?,30?,32-,33?,34?,37-,38+,41?,43+,44-,45-/m1/s1. The van der Waals surface area contributed by atoms with Crippen molar-refractivity contribution in [2.45, 2.75) is 130 Å². The average molecular weight is 759 g/mol. The molecule has 1 aromatic heterocycles. The second kappa shape index (κ2) is 14.8. The topological polar surface area (TPSA) is 140 Å². The molecule has 3 aromatic rings. The number of fused-ring (bicyclic) bond motifs is 6. The van der Waals surface area contributed by atoms with Crippen LogP contribution in [-0.4, -0.2) is 55.0 Å². The van der Waals surface area contributed by atoms with Crippen molar-refractivity contribution >= 4 is 39.9 Å². The third-order valence-electron chi connectivity index (χ3n) is 15.4. The number of para-hydroxylation sites is 1. The van der Waals surface area contributed by atoms with Crippen molar-refractivity contribution in [2.24, 2.45) is 46.3 Å². The molecule has 9 heteroatoms. The van der Waals surface area contributed by atoms with Gasteiger partial charge in [-0.1, -0.05) is 62.7 Å². The maximum absolute atomic E-state index is 12.6. The molecule has 292 valence electrons. The molecule has 8 nitrogen and oxygen atoms in total. The zero-order valence-corrected chi connectivity index (χ0v) is 33.3. The number of hydrogen-bond donors (Lipinski definition) is 5. The lowest BCUT2D eigenvalue weighted by atomic mass is 9.42. The van der Waals surface area contributed by atoms with Crippen LogP contribution in [0.5, 0.6) is 0 Å². The highest BCUT2D eigenvalue weighted by Gasteiger charge is 2.66. The Hall–Kier alpha value is -3.04. The van der Waals surface area contributed by atoms with Crippen LogP contribution in [0.25, 0.3) is 10.9 Å². The van der Waals surface area contributed by atoms with Crippen molar-refractivity contribution in [2.75, 3.05) is 5.32 Å². The molecule has 0 aliphatic heterocycles. The van der Waals surface area contributed by atoms with Crippen LogP contribution in [0.2, 0.25) is 5.02 Å². The van der Waals surface area contributed by atoms with Crippen molar-refractivity contribution in [1.82, 2.24) is 4.98 Å². The number of carbonyl (C=O) groups excluding carboxylic acids is 1. The first-order valence-electron chi connectivity index (χ1n) is 20.3. The minimum atomic E-state index is -0.841. The van der Waals surface area contributed by atoms with Gasteiger partial charge in [0.1, 0.15) is 0 Å². The number of pyridine rings is 1. The lowest BCUT2D eigenvalue weighted by molar-refractivity contribution is -0.216. The van der Waals surface area contributed by atoms with E-state index in [1.165, 1.54) is 0 Å². The SMILES string of the molecule is CC(=O)c1c(C)nc2ccccc2c1NCc1ccc(CC[C@@]2(O)CC[C@@]3(C)C(C[C@@H](O)C4C3C[C@H](O)[C@@]3(C)C4CC[C@@H]3C(C)CCC(=O)O)C2)cc1Cl. The van der Waals surface area contributed by atoms with E-state index in [0.717, 1.165) is 47.0 Å². The number of carboxylic acid groups (broad SMARTS) is 1. The molecule has 11 atom stereocenters. The van der Waals surface area contributed by atoms with Gasteiger partial charge in [0.2, 0.25) is 0 Å². The minimum Gasteiger partial charge on any atom is -0.481 e. The number of aliphatic hydroxyl groups is 3. The molecule has 5 unspecified atom stereocenters. The fourth-order valence-electron chi connectivity index (χ4n) is 12.4. The van der Waals surface area contributed by atoms with Gasteiger partial charge in [-0.05, 0) is 148 Å². The summed E-state index contributed by atoms with van der Waals surface area (Å²) in [6, 6.07) is 13.9. The summed E-state index contributed by atoms with van der Waals surface area (Å²) in [7, 11) is 0.